The van der Waals surface area contributed by atoms with E-state index < -0.39 is 0 Å². The number of nitrogens with one attached hydrogen (secondary N) is 1. The fourth-order valence-corrected chi connectivity index (χ4v) is 3.91. The maximum Gasteiger partial charge on any atom is 0.290 e. The van der Waals surface area contributed by atoms with Crippen molar-refractivity contribution in [1.29, 1.82) is 0 Å². The van der Waals surface area contributed by atoms with Crippen LogP contribution in [0.4, 0.5) is 5.82 Å². The van der Waals surface area contributed by atoms with E-state index in [0.29, 0.717) is 11.4 Å². The number of rotatable bonds is 5. The number of anilines is 1. The number of amides is 1. The van der Waals surface area contributed by atoms with Gasteiger partial charge in [0.2, 0.25) is 5.91 Å². The molecule has 158 valence electrons. The molecule has 3 aromatic rings. The number of halogens is 1. The van der Waals surface area contributed by atoms with Gasteiger partial charge in [-0.15, -0.1) is 0 Å². The van der Waals surface area contributed by atoms with Gasteiger partial charge in [0.25, 0.3) is 6.47 Å². The monoisotopic (exact) mass is 429 g/mol. The largest absolute Gasteiger partial charge is 0.483 e. The van der Waals surface area contributed by atoms with Crippen LogP contribution in [0.2, 0.25) is 5.02 Å². The average Bonchev–Trinajstić information content (AvgIpc) is 3.37. The normalized spacial score (nSPS) is 15.2. The zero-order valence-corrected chi connectivity index (χ0v) is 17.6. The summed E-state index contributed by atoms with van der Waals surface area (Å²) in [5.74, 6) is 0.779. The van der Waals surface area contributed by atoms with E-state index in [-0.39, 0.29) is 24.3 Å². The molecule has 4 rings (SSSR count). The van der Waals surface area contributed by atoms with E-state index in [1.54, 1.807) is 4.68 Å². The smallest absolute Gasteiger partial charge is 0.290 e. The molecule has 1 amide bonds. The van der Waals surface area contributed by atoms with Gasteiger partial charge < -0.3 is 10.4 Å². The SMILES string of the molecule is CCC(CC)n1ncc2c1NC(=O)CC2c1cnn(-c2cccc(Cl)c2)c1.O=CO. The summed E-state index contributed by atoms with van der Waals surface area (Å²) in [5.41, 5.74) is 2.93. The second kappa shape index (κ2) is 9.58. The molecule has 1 aromatic carbocycles. The maximum absolute atomic E-state index is 12.4. The quantitative estimate of drug-likeness (QED) is 0.590. The van der Waals surface area contributed by atoms with Crippen LogP contribution in [0, 0.1) is 0 Å². The number of carbonyl (C=O) groups excluding carboxylic acids is 1. The van der Waals surface area contributed by atoms with Crippen LogP contribution in [0.3, 0.4) is 0 Å². The molecule has 1 aliphatic rings. The minimum absolute atomic E-state index is 0.00992. The van der Waals surface area contributed by atoms with Crippen molar-refractivity contribution in [2.75, 3.05) is 5.32 Å². The van der Waals surface area contributed by atoms with Crippen LogP contribution in [-0.2, 0) is 9.59 Å². The maximum atomic E-state index is 12.4. The molecular weight excluding hydrogens is 406 g/mol. The molecule has 0 radical (unpaired) electrons. The van der Waals surface area contributed by atoms with E-state index in [9.17, 15) is 4.79 Å². The number of fused-ring (bicyclic) bond motifs is 1. The van der Waals surface area contributed by atoms with Crippen molar-refractivity contribution in [1.82, 2.24) is 19.6 Å². The first-order valence-electron chi connectivity index (χ1n) is 9.77. The number of hydrogen-bond donors (Lipinski definition) is 2. The number of nitrogens with zero attached hydrogens (tertiary/aromatic N) is 4. The third kappa shape index (κ3) is 4.38. The van der Waals surface area contributed by atoms with E-state index in [1.165, 1.54) is 0 Å². The zero-order chi connectivity index (χ0) is 21.7. The van der Waals surface area contributed by atoms with Crippen LogP contribution in [-0.4, -0.2) is 37.0 Å². The average molecular weight is 430 g/mol. The summed E-state index contributed by atoms with van der Waals surface area (Å²) < 4.78 is 3.75. The third-order valence-electron chi connectivity index (χ3n) is 5.21. The fraction of sp³-hybridized carbons (Fsp3) is 0.333. The van der Waals surface area contributed by atoms with Crippen LogP contribution in [0.5, 0.6) is 0 Å². The van der Waals surface area contributed by atoms with Crippen molar-refractivity contribution in [3.63, 3.8) is 0 Å². The summed E-state index contributed by atoms with van der Waals surface area (Å²) in [4.78, 5) is 20.7. The highest BCUT2D eigenvalue weighted by Crippen LogP contribution is 2.38. The Bertz CT molecular complexity index is 1030. The lowest BCUT2D eigenvalue weighted by molar-refractivity contribution is -0.123. The Hall–Kier alpha value is -3.13. The molecule has 1 unspecified atom stereocenters. The van der Waals surface area contributed by atoms with Gasteiger partial charge in [0.1, 0.15) is 5.82 Å². The minimum atomic E-state index is -0.250. The van der Waals surface area contributed by atoms with Gasteiger partial charge in [-0.05, 0) is 36.6 Å². The number of hydrogen-bond acceptors (Lipinski definition) is 4. The van der Waals surface area contributed by atoms with Crippen LogP contribution in [0.15, 0.2) is 42.9 Å². The van der Waals surface area contributed by atoms with Crippen LogP contribution >= 0.6 is 11.6 Å². The topological polar surface area (TPSA) is 102 Å². The molecule has 0 saturated heterocycles. The third-order valence-corrected chi connectivity index (χ3v) is 5.45. The predicted molar refractivity (Wildman–Crippen MR) is 114 cm³/mol. The summed E-state index contributed by atoms with van der Waals surface area (Å²) in [5, 5.41) is 19.6. The number of carboxylic acid groups (broad SMARTS) is 1. The standard InChI is InChI=1S/C20H22ClN5O.CH2O2/c1-3-15(4-2)26-20-18(11-23-26)17(9-19(27)24-20)13-10-22-25(12-13)16-7-5-6-14(21)8-16;2-1-3/h5-8,10-12,15,17H,3-4,9H2,1-2H3,(H,24,27);1H,(H,2,3). The van der Waals surface area contributed by atoms with Crippen molar-refractivity contribution in [2.24, 2.45) is 0 Å². The Morgan fingerprint density at radius 3 is 2.70 bits per heavy atom. The Kier molecular flexibility index (Phi) is 6.89. The molecule has 1 atom stereocenters. The van der Waals surface area contributed by atoms with Gasteiger partial charge in [0.05, 0.1) is 24.1 Å². The molecule has 0 saturated carbocycles. The fourth-order valence-electron chi connectivity index (χ4n) is 3.72. The van der Waals surface area contributed by atoms with E-state index in [0.717, 1.165) is 35.5 Å². The van der Waals surface area contributed by atoms with Crippen molar-refractivity contribution in [2.45, 2.75) is 45.1 Å². The highest BCUT2D eigenvalue weighted by Gasteiger charge is 2.32. The van der Waals surface area contributed by atoms with Gasteiger partial charge in [0, 0.05) is 29.1 Å². The molecule has 8 nitrogen and oxygen atoms in total. The van der Waals surface area contributed by atoms with Crippen LogP contribution in [0.25, 0.3) is 5.69 Å². The number of aromatic nitrogens is 4. The van der Waals surface area contributed by atoms with E-state index in [2.05, 4.69) is 29.4 Å². The van der Waals surface area contributed by atoms with Crippen LogP contribution < -0.4 is 5.32 Å². The van der Waals surface area contributed by atoms with Crippen molar-refractivity contribution in [3.05, 3.63) is 59.0 Å². The predicted octanol–water partition coefficient (Wildman–Crippen LogP) is 4.26. The van der Waals surface area contributed by atoms with Crippen molar-refractivity contribution >= 4 is 29.8 Å². The van der Waals surface area contributed by atoms with Gasteiger partial charge in [-0.1, -0.05) is 31.5 Å². The van der Waals surface area contributed by atoms with Gasteiger partial charge >= 0.3 is 0 Å². The Balaban J connectivity index is 0.000000806. The number of carbonyl (C=O) groups is 2. The summed E-state index contributed by atoms with van der Waals surface area (Å²) >= 11 is 6.09. The first-order chi connectivity index (χ1) is 14.5. The van der Waals surface area contributed by atoms with E-state index >= 15 is 0 Å². The molecule has 0 fully saturated rings. The van der Waals surface area contributed by atoms with E-state index in [1.807, 2.05) is 47.5 Å². The lowest BCUT2D eigenvalue weighted by Crippen LogP contribution is -2.25. The van der Waals surface area contributed by atoms with E-state index in [4.69, 9.17) is 21.5 Å². The molecular formula is C21H24ClN5O3. The summed E-state index contributed by atoms with van der Waals surface area (Å²) in [6.07, 6.45) is 8.00. The molecule has 1 aliphatic heterocycles. The van der Waals surface area contributed by atoms with Gasteiger partial charge in [-0.2, -0.15) is 10.2 Å². The molecule has 0 bridgehead atoms. The highest BCUT2D eigenvalue weighted by atomic mass is 35.5. The summed E-state index contributed by atoms with van der Waals surface area (Å²) in [6.45, 7) is 4.03. The molecule has 0 spiro atoms. The van der Waals surface area contributed by atoms with Gasteiger partial charge in [-0.25, -0.2) is 9.36 Å². The molecule has 2 N–H and O–H groups in total. The van der Waals surface area contributed by atoms with Crippen molar-refractivity contribution < 1.29 is 14.7 Å². The van der Waals surface area contributed by atoms with Crippen molar-refractivity contribution in [3.8, 4) is 5.69 Å². The summed E-state index contributed by atoms with van der Waals surface area (Å²) in [7, 11) is 0. The molecule has 9 heteroatoms. The first-order valence-corrected chi connectivity index (χ1v) is 10.2. The van der Waals surface area contributed by atoms with Crippen LogP contribution in [0.1, 0.15) is 56.2 Å². The highest BCUT2D eigenvalue weighted by molar-refractivity contribution is 6.30. The molecule has 3 heterocycles. The minimum Gasteiger partial charge on any atom is -0.483 e. The Morgan fingerprint density at radius 1 is 1.30 bits per heavy atom. The Morgan fingerprint density at radius 2 is 2.03 bits per heavy atom. The Labute approximate surface area is 179 Å². The second-order valence-corrected chi connectivity index (χ2v) is 7.41. The second-order valence-electron chi connectivity index (χ2n) is 6.97. The molecule has 2 aromatic heterocycles. The zero-order valence-electron chi connectivity index (χ0n) is 16.8. The lowest BCUT2D eigenvalue weighted by atomic mass is 9.89. The lowest BCUT2D eigenvalue weighted by Gasteiger charge is -2.24. The molecule has 30 heavy (non-hydrogen) atoms. The first kappa shape index (κ1) is 21.6. The van der Waals surface area contributed by atoms with Gasteiger partial charge in [-0.3, -0.25) is 9.59 Å². The summed E-state index contributed by atoms with van der Waals surface area (Å²) in [6, 6.07) is 7.82. The van der Waals surface area contributed by atoms with Gasteiger partial charge in [0.15, 0.2) is 0 Å². The number of benzene rings is 1. The molecule has 0 aliphatic carbocycles.